The smallest absolute Gasteiger partial charge is 0.485 e. The van der Waals surface area contributed by atoms with E-state index in [-0.39, 0.29) is 0 Å². The molecule has 1 aliphatic rings. The van der Waals surface area contributed by atoms with E-state index >= 15 is 0 Å². The molecule has 9 rings (SSSR count). The first-order valence-corrected chi connectivity index (χ1v) is 26.9. The molecule has 0 fully saturated rings. The number of hydrogen-bond acceptors (Lipinski definition) is 3. The fraction of sp³-hybridized carbons (Fsp3) is 0.149. The summed E-state index contributed by atoms with van der Waals surface area (Å²) in [6.45, 7) is 16.3. The largest absolute Gasteiger partial charge is 0.741 e. The van der Waals surface area contributed by atoms with E-state index in [0.717, 1.165) is 0 Å². The van der Waals surface area contributed by atoms with Crippen LogP contribution in [0.15, 0.2) is 176 Å². The number of rotatable bonds is 3. The zero-order valence-electron chi connectivity index (χ0n) is 33.6. The summed E-state index contributed by atoms with van der Waals surface area (Å²) in [6.07, 6.45) is 0. The minimum Gasteiger partial charge on any atom is -0.741 e. The number of alkyl halides is 3. The third-order valence-electron chi connectivity index (χ3n) is 11.3. The summed E-state index contributed by atoms with van der Waals surface area (Å²) in [4.78, 5) is 0. The molecule has 0 aliphatic carbocycles. The number of benzene rings is 8. The van der Waals surface area contributed by atoms with Crippen LogP contribution in [0.5, 0.6) is 0 Å². The standard InChI is InChI=1S/C34H35B2P2.2C6H6.CHF3O3S/c1-37(2,3)36(38(4,5)6)34-30-20-12-9-16-26(30)23-27-17-13-21-31(32(27)34)35(36)33-28-18-10-7-14-24(28)22-25-15-8-11-19-29(25)33;2*1-2-4-6-5-3-1;2-1(3,4)8(5,6)7/h7-23H,1-6H3;2*1-6H;(H,5,6,7)/q+1;;;/p-1. The van der Waals surface area contributed by atoms with Crippen molar-refractivity contribution >= 4 is 96.0 Å². The van der Waals surface area contributed by atoms with Crippen molar-refractivity contribution in [3.8, 4) is 0 Å². The molecule has 58 heavy (non-hydrogen) atoms. The Labute approximate surface area is 342 Å². The zero-order chi connectivity index (χ0) is 41.9. The molecule has 0 atom stereocenters. The maximum absolute atomic E-state index is 10.7. The van der Waals surface area contributed by atoms with E-state index in [1.165, 1.54) is 37.7 Å². The predicted octanol–water partition coefficient (Wildman–Crippen LogP) is 10.9. The van der Waals surface area contributed by atoms with Crippen LogP contribution in [0, 0.1) is 0 Å². The Balaban J connectivity index is 0.000000231. The quantitative estimate of drug-likeness (QED) is 0.0586. The second-order valence-electron chi connectivity index (χ2n) is 16.4. The fourth-order valence-corrected chi connectivity index (χ4v) is 22.4. The second-order valence-corrected chi connectivity index (χ2v) is 28.3. The lowest BCUT2D eigenvalue weighted by molar-refractivity contribution is -0.0517. The van der Waals surface area contributed by atoms with Gasteiger partial charge in [0.1, 0.15) is 0 Å². The summed E-state index contributed by atoms with van der Waals surface area (Å²) in [7, 11) is -8.95. The molecule has 11 heteroatoms. The normalized spacial score (nSPS) is 13.6. The number of fused-ring (bicyclic) bond motifs is 4. The van der Waals surface area contributed by atoms with Gasteiger partial charge in [0.2, 0.25) is 0 Å². The molecule has 0 unspecified atom stereocenters. The lowest BCUT2D eigenvalue weighted by atomic mass is 9.15. The van der Waals surface area contributed by atoms with Crippen molar-refractivity contribution in [2.24, 2.45) is 0 Å². The van der Waals surface area contributed by atoms with E-state index in [1.54, 1.807) is 21.8 Å². The van der Waals surface area contributed by atoms with Gasteiger partial charge in [0.05, 0.1) is 0 Å². The van der Waals surface area contributed by atoms with E-state index in [0.29, 0.717) is 6.60 Å². The lowest BCUT2D eigenvalue weighted by Gasteiger charge is -2.50. The molecule has 0 saturated heterocycles. The minimum atomic E-state index is -6.09. The molecule has 0 spiro atoms. The SMILES string of the molecule is C[P+](C)(C)[B-]1([P+](C)(C)C)B(c2c3ccccc3cc3ccccc23)c2cccc3cc4ccccc4c1c23.O=S(=O)([O-])C(F)(F)F.c1ccccc1.c1ccccc1. The van der Waals surface area contributed by atoms with Crippen molar-refractivity contribution in [3.63, 3.8) is 0 Å². The summed E-state index contributed by atoms with van der Waals surface area (Å²) in [5.74, 6) is 0. The highest BCUT2D eigenvalue weighted by Gasteiger charge is 2.69. The Morgan fingerprint density at radius 1 is 0.500 bits per heavy atom. The maximum Gasteiger partial charge on any atom is 0.485 e. The fourth-order valence-electron chi connectivity index (χ4n) is 9.56. The van der Waals surface area contributed by atoms with Crippen molar-refractivity contribution in [2.45, 2.75) is 5.51 Å². The average molecular weight is 833 g/mol. The van der Waals surface area contributed by atoms with E-state index in [1.807, 2.05) is 72.8 Å². The molecule has 0 aromatic heterocycles. The van der Waals surface area contributed by atoms with Gasteiger partial charge in [-0.15, -0.1) is 19.7 Å². The van der Waals surface area contributed by atoms with Gasteiger partial charge in [-0.1, -0.05) is 180 Å². The minimum absolute atomic E-state index is 0.372. The molecule has 3 nitrogen and oxygen atoms in total. The van der Waals surface area contributed by atoms with Crippen LogP contribution in [0.2, 0.25) is 0 Å². The number of halogens is 3. The van der Waals surface area contributed by atoms with Crippen molar-refractivity contribution < 1.29 is 26.1 Å². The van der Waals surface area contributed by atoms with Gasteiger partial charge >= 0.3 is 11.0 Å². The molecule has 0 radical (unpaired) electrons. The molecule has 0 amide bonds. The lowest BCUT2D eigenvalue weighted by Crippen LogP contribution is -2.67. The monoisotopic (exact) mass is 832 g/mol. The molecule has 1 aliphatic heterocycles. The first-order chi connectivity index (χ1) is 27.4. The maximum atomic E-state index is 10.7. The Hall–Kier alpha value is -4.51. The van der Waals surface area contributed by atoms with Gasteiger partial charge in [-0.25, -0.2) is 8.42 Å². The van der Waals surface area contributed by atoms with Gasteiger partial charge in [0.15, 0.2) is 16.7 Å². The molecule has 8 aromatic rings. The van der Waals surface area contributed by atoms with Crippen LogP contribution in [0.1, 0.15) is 0 Å². The summed E-state index contributed by atoms with van der Waals surface area (Å²) < 4.78 is 58.9. The first kappa shape index (κ1) is 43.1. The second kappa shape index (κ2) is 17.0. The third-order valence-corrected chi connectivity index (χ3v) is 21.8. The van der Waals surface area contributed by atoms with Crippen molar-refractivity contribution in [3.05, 3.63) is 176 Å². The van der Waals surface area contributed by atoms with Crippen molar-refractivity contribution in [1.29, 1.82) is 0 Å². The highest BCUT2D eigenvalue weighted by molar-refractivity contribution is 8.46. The van der Waals surface area contributed by atoms with Gasteiger partial charge in [-0.05, 0) is 49.8 Å². The summed E-state index contributed by atoms with van der Waals surface area (Å²) >= 11 is 0. The summed E-state index contributed by atoms with van der Waals surface area (Å²) in [5, 5.41) is 11.4. The van der Waals surface area contributed by atoms with Crippen molar-refractivity contribution in [1.82, 2.24) is 0 Å². The van der Waals surface area contributed by atoms with Crippen LogP contribution < -0.4 is 16.4 Å². The van der Waals surface area contributed by atoms with Crippen LogP contribution in [0.3, 0.4) is 0 Å². The van der Waals surface area contributed by atoms with Crippen LogP contribution in [0.4, 0.5) is 13.2 Å². The first-order valence-electron chi connectivity index (χ1n) is 19.1. The molecule has 296 valence electrons. The van der Waals surface area contributed by atoms with E-state index in [4.69, 9.17) is 13.0 Å². The molecule has 1 heterocycles. The molecule has 0 bridgehead atoms. The molecule has 8 aromatic carbocycles. The molecular weight excluding hydrogens is 785 g/mol. The summed E-state index contributed by atoms with van der Waals surface area (Å²) in [6, 6.07) is 63.5. The predicted molar refractivity (Wildman–Crippen MR) is 251 cm³/mol. The van der Waals surface area contributed by atoms with Crippen LogP contribution in [0.25, 0.3) is 43.1 Å². The van der Waals surface area contributed by atoms with Crippen molar-refractivity contribution in [2.75, 3.05) is 40.0 Å². The van der Waals surface area contributed by atoms with E-state index in [9.17, 15) is 13.2 Å². The molecule has 0 N–H and O–H groups in total. The molecule has 0 saturated carbocycles. The van der Waals surface area contributed by atoms with Gasteiger partial charge in [-0.3, -0.25) is 0 Å². The van der Waals surface area contributed by atoms with Gasteiger partial charge < -0.3 is 4.55 Å². The highest BCUT2D eigenvalue weighted by Crippen LogP contribution is 2.76. The summed E-state index contributed by atoms with van der Waals surface area (Å²) in [5.41, 5.74) is -1.76. The Bertz CT molecular complexity index is 2640. The Morgan fingerprint density at radius 2 is 0.828 bits per heavy atom. The van der Waals surface area contributed by atoms with Gasteiger partial charge in [0.25, 0.3) is 0 Å². The number of hydrogen-bond donors (Lipinski definition) is 0. The van der Waals surface area contributed by atoms with Gasteiger partial charge in [0, 0.05) is 40.0 Å². The molecular formula is C47H47B2F3O3P2S. The van der Waals surface area contributed by atoms with Crippen LogP contribution in [-0.4, -0.2) is 70.5 Å². The highest BCUT2D eigenvalue weighted by atomic mass is 32.2. The zero-order valence-corrected chi connectivity index (χ0v) is 36.2. The van der Waals surface area contributed by atoms with Crippen LogP contribution >= 0.6 is 14.3 Å². The van der Waals surface area contributed by atoms with E-state index < -0.39 is 35.4 Å². The third kappa shape index (κ3) is 8.34. The van der Waals surface area contributed by atoms with Gasteiger partial charge in [-0.2, -0.15) is 13.2 Å². The Kier molecular flexibility index (Phi) is 12.6. The van der Waals surface area contributed by atoms with E-state index in [2.05, 4.69) is 143 Å². The topological polar surface area (TPSA) is 57.2 Å². The van der Waals surface area contributed by atoms with Crippen LogP contribution in [-0.2, 0) is 10.1 Å². The Morgan fingerprint density at radius 3 is 1.21 bits per heavy atom. The average Bonchev–Trinajstić information content (AvgIpc) is 3.52.